The van der Waals surface area contributed by atoms with Crippen LogP contribution in [0.3, 0.4) is 0 Å². The standard InChI is InChI=1S/C14H17FN2S/c1-14(6-2-3-7-14)9-16-13-17-11-5-4-10(15)8-12(11)18-13/h4-5,8H,2-3,6-7,9H2,1H3,(H,16,17). The van der Waals surface area contributed by atoms with Crippen LogP contribution in [0.2, 0.25) is 0 Å². The SMILES string of the molecule is CC1(CNc2nc3ccc(F)cc3s2)CCCC1. The van der Waals surface area contributed by atoms with Crippen LogP contribution in [0.5, 0.6) is 0 Å². The van der Waals surface area contributed by atoms with Gasteiger partial charge in [-0.1, -0.05) is 31.1 Å². The van der Waals surface area contributed by atoms with Crippen molar-refractivity contribution >= 4 is 26.7 Å². The Balaban J connectivity index is 1.74. The third-order valence-electron chi connectivity index (χ3n) is 3.83. The summed E-state index contributed by atoms with van der Waals surface area (Å²) in [7, 11) is 0. The molecule has 0 aliphatic heterocycles. The molecular formula is C14H17FN2S. The Morgan fingerprint density at radius 3 is 2.94 bits per heavy atom. The molecule has 0 unspecified atom stereocenters. The number of fused-ring (bicyclic) bond motifs is 1. The molecule has 2 aromatic rings. The maximum absolute atomic E-state index is 13.1. The number of nitrogens with one attached hydrogen (secondary N) is 1. The van der Waals surface area contributed by atoms with Crippen molar-refractivity contribution in [2.45, 2.75) is 32.6 Å². The Morgan fingerprint density at radius 1 is 1.39 bits per heavy atom. The van der Waals surface area contributed by atoms with E-state index in [-0.39, 0.29) is 5.82 Å². The van der Waals surface area contributed by atoms with Gasteiger partial charge in [0.2, 0.25) is 0 Å². The first-order chi connectivity index (χ1) is 8.65. The van der Waals surface area contributed by atoms with Gasteiger partial charge in [-0.2, -0.15) is 0 Å². The van der Waals surface area contributed by atoms with E-state index < -0.39 is 0 Å². The third kappa shape index (κ3) is 2.34. The summed E-state index contributed by atoms with van der Waals surface area (Å²) < 4.78 is 14.0. The van der Waals surface area contributed by atoms with Crippen molar-refractivity contribution in [2.24, 2.45) is 5.41 Å². The van der Waals surface area contributed by atoms with E-state index in [9.17, 15) is 4.39 Å². The first-order valence-electron chi connectivity index (χ1n) is 6.45. The second kappa shape index (κ2) is 4.50. The molecule has 0 radical (unpaired) electrons. The molecule has 96 valence electrons. The van der Waals surface area contributed by atoms with E-state index >= 15 is 0 Å². The number of benzene rings is 1. The van der Waals surface area contributed by atoms with Crippen LogP contribution in [0.4, 0.5) is 9.52 Å². The summed E-state index contributed by atoms with van der Waals surface area (Å²) in [6.07, 6.45) is 5.26. The van der Waals surface area contributed by atoms with E-state index in [1.165, 1.54) is 43.1 Å². The average Bonchev–Trinajstić information content (AvgIpc) is 2.93. The van der Waals surface area contributed by atoms with Gasteiger partial charge >= 0.3 is 0 Å². The van der Waals surface area contributed by atoms with Crippen LogP contribution in [-0.4, -0.2) is 11.5 Å². The molecule has 0 bridgehead atoms. The van der Waals surface area contributed by atoms with Gasteiger partial charge in [-0.15, -0.1) is 0 Å². The van der Waals surface area contributed by atoms with E-state index in [1.54, 1.807) is 12.1 Å². The number of hydrogen-bond acceptors (Lipinski definition) is 3. The predicted octanol–water partition coefficient (Wildman–Crippen LogP) is 4.43. The summed E-state index contributed by atoms with van der Waals surface area (Å²) in [6, 6.07) is 4.75. The van der Waals surface area contributed by atoms with Gasteiger partial charge in [-0.05, 0) is 36.5 Å². The molecule has 0 spiro atoms. The van der Waals surface area contributed by atoms with E-state index in [1.807, 2.05) is 0 Å². The highest BCUT2D eigenvalue weighted by Gasteiger charge is 2.28. The summed E-state index contributed by atoms with van der Waals surface area (Å²) in [5.41, 5.74) is 1.28. The van der Waals surface area contributed by atoms with Gasteiger partial charge in [0.25, 0.3) is 0 Å². The molecule has 4 heteroatoms. The summed E-state index contributed by atoms with van der Waals surface area (Å²) in [5, 5.41) is 4.33. The lowest BCUT2D eigenvalue weighted by Crippen LogP contribution is -2.22. The van der Waals surface area contributed by atoms with Crippen LogP contribution >= 0.6 is 11.3 Å². The van der Waals surface area contributed by atoms with Gasteiger partial charge in [0, 0.05) is 6.54 Å². The quantitative estimate of drug-likeness (QED) is 0.887. The number of aromatic nitrogens is 1. The maximum Gasteiger partial charge on any atom is 0.183 e. The molecule has 0 atom stereocenters. The Bertz CT molecular complexity index is 558. The minimum atomic E-state index is -0.194. The van der Waals surface area contributed by atoms with Crippen LogP contribution in [0.15, 0.2) is 18.2 Å². The number of rotatable bonds is 3. The smallest absolute Gasteiger partial charge is 0.183 e. The minimum absolute atomic E-state index is 0.194. The normalized spacial score (nSPS) is 18.3. The van der Waals surface area contributed by atoms with Gasteiger partial charge in [0.15, 0.2) is 5.13 Å². The van der Waals surface area contributed by atoms with E-state index in [4.69, 9.17) is 0 Å². The van der Waals surface area contributed by atoms with E-state index in [2.05, 4.69) is 17.2 Å². The second-order valence-electron chi connectivity index (χ2n) is 5.50. The van der Waals surface area contributed by atoms with Crippen LogP contribution in [0.25, 0.3) is 10.2 Å². The van der Waals surface area contributed by atoms with Crippen molar-refractivity contribution in [3.8, 4) is 0 Å². The molecule has 1 aromatic heterocycles. The lowest BCUT2D eigenvalue weighted by molar-refractivity contribution is 0.362. The van der Waals surface area contributed by atoms with Crippen molar-refractivity contribution < 1.29 is 4.39 Å². The summed E-state index contributed by atoms with van der Waals surface area (Å²) >= 11 is 1.53. The zero-order chi connectivity index (χ0) is 12.6. The molecule has 0 amide bonds. The second-order valence-corrected chi connectivity index (χ2v) is 6.53. The minimum Gasteiger partial charge on any atom is -0.361 e. The van der Waals surface area contributed by atoms with Crippen molar-refractivity contribution in [3.05, 3.63) is 24.0 Å². The molecule has 18 heavy (non-hydrogen) atoms. The highest BCUT2D eigenvalue weighted by molar-refractivity contribution is 7.22. The molecule has 1 saturated carbocycles. The summed E-state index contributed by atoms with van der Waals surface area (Å²) in [6.45, 7) is 3.30. The summed E-state index contributed by atoms with van der Waals surface area (Å²) in [5.74, 6) is -0.194. The topological polar surface area (TPSA) is 24.9 Å². The fraction of sp³-hybridized carbons (Fsp3) is 0.500. The molecule has 2 nitrogen and oxygen atoms in total. The van der Waals surface area contributed by atoms with Crippen LogP contribution in [0.1, 0.15) is 32.6 Å². The fourth-order valence-electron chi connectivity index (χ4n) is 2.67. The molecule has 1 fully saturated rings. The van der Waals surface area contributed by atoms with Crippen LogP contribution < -0.4 is 5.32 Å². The highest BCUT2D eigenvalue weighted by atomic mass is 32.1. The Kier molecular flexibility index (Phi) is 2.98. The Labute approximate surface area is 110 Å². The van der Waals surface area contributed by atoms with Gasteiger partial charge in [0.1, 0.15) is 5.82 Å². The molecule has 1 aliphatic carbocycles. The fourth-order valence-corrected chi connectivity index (χ4v) is 3.55. The van der Waals surface area contributed by atoms with E-state index in [0.717, 1.165) is 21.9 Å². The van der Waals surface area contributed by atoms with Crippen molar-refractivity contribution in [1.82, 2.24) is 4.98 Å². The largest absolute Gasteiger partial charge is 0.361 e. The lowest BCUT2D eigenvalue weighted by Gasteiger charge is -2.23. The number of anilines is 1. The average molecular weight is 264 g/mol. The number of halogens is 1. The Hall–Kier alpha value is -1.16. The monoisotopic (exact) mass is 264 g/mol. The maximum atomic E-state index is 13.1. The molecule has 0 saturated heterocycles. The lowest BCUT2D eigenvalue weighted by atomic mass is 9.89. The van der Waals surface area contributed by atoms with Gasteiger partial charge in [-0.3, -0.25) is 0 Å². The number of thiazole rings is 1. The number of hydrogen-bond donors (Lipinski definition) is 1. The number of nitrogens with zero attached hydrogens (tertiary/aromatic N) is 1. The molecule has 1 aromatic carbocycles. The van der Waals surface area contributed by atoms with Crippen LogP contribution in [-0.2, 0) is 0 Å². The zero-order valence-electron chi connectivity index (χ0n) is 10.5. The van der Waals surface area contributed by atoms with Gasteiger partial charge in [0.05, 0.1) is 10.2 Å². The summed E-state index contributed by atoms with van der Waals surface area (Å²) in [4.78, 5) is 4.49. The zero-order valence-corrected chi connectivity index (χ0v) is 11.3. The van der Waals surface area contributed by atoms with Gasteiger partial charge < -0.3 is 5.32 Å². The predicted molar refractivity (Wildman–Crippen MR) is 74.6 cm³/mol. The van der Waals surface area contributed by atoms with Crippen molar-refractivity contribution in [3.63, 3.8) is 0 Å². The molecule has 1 heterocycles. The highest BCUT2D eigenvalue weighted by Crippen LogP contribution is 2.38. The van der Waals surface area contributed by atoms with Crippen molar-refractivity contribution in [1.29, 1.82) is 0 Å². The first kappa shape index (κ1) is 11.9. The van der Waals surface area contributed by atoms with Gasteiger partial charge in [-0.25, -0.2) is 9.37 Å². The molecular weight excluding hydrogens is 247 g/mol. The van der Waals surface area contributed by atoms with Crippen LogP contribution in [0, 0.1) is 11.2 Å². The first-order valence-corrected chi connectivity index (χ1v) is 7.26. The Morgan fingerprint density at radius 2 is 2.17 bits per heavy atom. The van der Waals surface area contributed by atoms with Crippen molar-refractivity contribution in [2.75, 3.05) is 11.9 Å². The third-order valence-corrected chi connectivity index (χ3v) is 4.80. The molecule has 1 aliphatic rings. The molecule has 3 rings (SSSR count). The molecule has 1 N–H and O–H groups in total. The van der Waals surface area contributed by atoms with E-state index in [0.29, 0.717) is 5.41 Å².